The van der Waals surface area contributed by atoms with E-state index in [1.165, 1.54) is 12.1 Å². The van der Waals surface area contributed by atoms with Crippen molar-refractivity contribution >= 4 is 17.3 Å². The summed E-state index contributed by atoms with van der Waals surface area (Å²) in [4.78, 5) is 20.7. The fourth-order valence-corrected chi connectivity index (χ4v) is 1.25. The predicted molar refractivity (Wildman–Crippen MR) is 59.9 cm³/mol. The van der Waals surface area contributed by atoms with Crippen LogP contribution in [0.25, 0.3) is 0 Å². The number of rotatable bonds is 5. The normalized spacial score (nSPS) is 11.3. The van der Waals surface area contributed by atoms with Crippen LogP contribution in [0, 0.1) is 21.4 Å². The van der Waals surface area contributed by atoms with E-state index < -0.39 is 29.2 Å². The number of anilines is 1. The Morgan fingerprint density at radius 1 is 1.61 bits per heavy atom. The number of nitro benzene ring substituents is 1. The summed E-state index contributed by atoms with van der Waals surface area (Å²) in [5.41, 5.74) is -0.405. The first kappa shape index (κ1) is 13.4. The van der Waals surface area contributed by atoms with Crippen molar-refractivity contribution in [3.05, 3.63) is 33.9 Å². The lowest BCUT2D eigenvalue weighted by molar-refractivity contribution is -0.384. The van der Waals surface area contributed by atoms with Crippen LogP contribution in [-0.4, -0.2) is 33.8 Å². The number of carboxylic acids is 1. The minimum atomic E-state index is -1.35. The maximum atomic E-state index is 10.8. The van der Waals surface area contributed by atoms with Gasteiger partial charge in [0.15, 0.2) is 0 Å². The van der Waals surface area contributed by atoms with Gasteiger partial charge in [-0.15, -0.1) is 0 Å². The molecular formula is C10H9N3O5. The van der Waals surface area contributed by atoms with Gasteiger partial charge in [-0.3, -0.25) is 10.1 Å². The molecule has 0 unspecified atom stereocenters. The van der Waals surface area contributed by atoms with Crippen LogP contribution in [-0.2, 0) is 4.79 Å². The molecule has 94 valence electrons. The van der Waals surface area contributed by atoms with E-state index >= 15 is 0 Å². The molecule has 1 atom stereocenters. The highest BCUT2D eigenvalue weighted by Crippen LogP contribution is 2.25. The number of carbonyl (C=O) groups is 1. The number of benzene rings is 1. The third-order valence-electron chi connectivity index (χ3n) is 2.13. The van der Waals surface area contributed by atoms with Gasteiger partial charge in [0.05, 0.1) is 23.2 Å². The van der Waals surface area contributed by atoms with Crippen molar-refractivity contribution < 1.29 is 19.9 Å². The van der Waals surface area contributed by atoms with Gasteiger partial charge in [0.2, 0.25) is 0 Å². The molecule has 0 aromatic heterocycles. The smallest absolute Gasteiger partial charge is 0.328 e. The van der Waals surface area contributed by atoms with Crippen molar-refractivity contribution in [2.45, 2.75) is 6.04 Å². The van der Waals surface area contributed by atoms with Crippen molar-refractivity contribution in [2.24, 2.45) is 0 Å². The van der Waals surface area contributed by atoms with E-state index in [2.05, 4.69) is 5.32 Å². The maximum Gasteiger partial charge on any atom is 0.328 e. The van der Waals surface area contributed by atoms with E-state index in [1.807, 2.05) is 0 Å². The van der Waals surface area contributed by atoms with Crippen LogP contribution < -0.4 is 5.32 Å². The lowest BCUT2D eigenvalue weighted by Gasteiger charge is -2.13. The minimum absolute atomic E-state index is 0.0690. The topological polar surface area (TPSA) is 136 Å². The molecule has 0 saturated heterocycles. The molecule has 0 saturated carbocycles. The maximum absolute atomic E-state index is 10.8. The summed E-state index contributed by atoms with van der Waals surface area (Å²) in [6, 6.07) is 3.95. The molecule has 0 spiro atoms. The van der Waals surface area contributed by atoms with Gasteiger partial charge < -0.3 is 15.5 Å². The summed E-state index contributed by atoms with van der Waals surface area (Å²) in [6.45, 7) is -0.716. The zero-order chi connectivity index (χ0) is 13.7. The van der Waals surface area contributed by atoms with Crippen molar-refractivity contribution in [1.29, 1.82) is 5.26 Å². The fourth-order valence-electron chi connectivity index (χ4n) is 1.25. The number of carboxylic acid groups (broad SMARTS) is 1. The van der Waals surface area contributed by atoms with Gasteiger partial charge in [-0.1, -0.05) is 0 Å². The number of nitrogens with one attached hydrogen (secondary N) is 1. The van der Waals surface area contributed by atoms with Crippen LogP contribution in [0.5, 0.6) is 0 Å². The van der Waals surface area contributed by atoms with Crippen LogP contribution in [0.4, 0.5) is 11.4 Å². The Morgan fingerprint density at radius 2 is 2.28 bits per heavy atom. The number of aliphatic hydroxyl groups excluding tert-OH is 1. The van der Waals surface area contributed by atoms with Crippen LogP contribution in [0.3, 0.4) is 0 Å². The van der Waals surface area contributed by atoms with Gasteiger partial charge in [0.25, 0.3) is 5.69 Å². The van der Waals surface area contributed by atoms with E-state index in [0.717, 1.165) is 6.07 Å². The van der Waals surface area contributed by atoms with Crippen LogP contribution in [0.15, 0.2) is 18.2 Å². The molecule has 0 aliphatic rings. The quantitative estimate of drug-likeness (QED) is 0.506. The first-order chi connectivity index (χ1) is 8.49. The van der Waals surface area contributed by atoms with Gasteiger partial charge in [0.1, 0.15) is 11.7 Å². The highest BCUT2D eigenvalue weighted by atomic mass is 16.6. The molecule has 0 bridgehead atoms. The van der Waals surface area contributed by atoms with E-state index in [1.54, 1.807) is 6.07 Å². The second kappa shape index (κ2) is 5.60. The van der Waals surface area contributed by atoms with E-state index in [4.69, 9.17) is 15.5 Å². The Hall–Kier alpha value is -2.66. The third-order valence-corrected chi connectivity index (χ3v) is 2.13. The number of nitrogens with zero attached hydrogens (tertiary/aromatic N) is 2. The number of nitro groups is 1. The summed E-state index contributed by atoms with van der Waals surface area (Å²) >= 11 is 0. The molecule has 18 heavy (non-hydrogen) atoms. The highest BCUT2D eigenvalue weighted by molar-refractivity contribution is 5.79. The van der Waals surface area contributed by atoms with Gasteiger partial charge in [-0.05, 0) is 12.1 Å². The van der Waals surface area contributed by atoms with E-state index in [0.29, 0.717) is 0 Å². The summed E-state index contributed by atoms with van der Waals surface area (Å²) in [5, 5.41) is 39.3. The summed E-state index contributed by atoms with van der Waals surface area (Å²) in [5.74, 6) is -1.34. The molecule has 8 heteroatoms. The Kier molecular flexibility index (Phi) is 4.17. The van der Waals surface area contributed by atoms with Crippen molar-refractivity contribution in [2.75, 3.05) is 11.9 Å². The standard InChI is InChI=1S/C10H9N3O5/c11-4-6-1-2-7(9(3-6)13(17)18)12-8(5-14)10(15)16/h1-3,8,12,14H,5H2,(H,15,16)/t8-/m0/s1. The monoisotopic (exact) mass is 251 g/mol. The molecule has 0 amide bonds. The molecule has 0 heterocycles. The van der Waals surface area contributed by atoms with Crippen molar-refractivity contribution in [1.82, 2.24) is 0 Å². The molecule has 0 aliphatic heterocycles. The van der Waals surface area contributed by atoms with Crippen LogP contribution >= 0.6 is 0 Å². The van der Waals surface area contributed by atoms with Gasteiger partial charge in [-0.25, -0.2) is 4.79 Å². The molecule has 0 radical (unpaired) electrons. The predicted octanol–water partition coefficient (Wildman–Crippen LogP) is 0.324. The SMILES string of the molecule is N#Cc1ccc(N[C@@H](CO)C(=O)O)c([N+](=O)[O-])c1. The first-order valence-corrected chi connectivity index (χ1v) is 4.78. The lowest BCUT2D eigenvalue weighted by atomic mass is 10.1. The zero-order valence-electron chi connectivity index (χ0n) is 9.03. The average molecular weight is 251 g/mol. The van der Waals surface area contributed by atoms with Crippen molar-refractivity contribution in [3.63, 3.8) is 0 Å². The molecule has 8 nitrogen and oxygen atoms in total. The largest absolute Gasteiger partial charge is 0.480 e. The highest BCUT2D eigenvalue weighted by Gasteiger charge is 2.21. The first-order valence-electron chi connectivity index (χ1n) is 4.78. The Labute approximate surface area is 101 Å². The number of nitriles is 1. The molecular weight excluding hydrogens is 242 g/mol. The summed E-state index contributed by atoms with van der Waals surface area (Å²) in [7, 11) is 0. The average Bonchev–Trinajstić information content (AvgIpc) is 2.35. The van der Waals surface area contributed by atoms with E-state index in [-0.39, 0.29) is 11.3 Å². The molecule has 1 aromatic carbocycles. The number of aliphatic hydroxyl groups is 1. The number of hydrogen-bond donors (Lipinski definition) is 3. The van der Waals surface area contributed by atoms with Gasteiger partial charge in [0, 0.05) is 6.07 Å². The molecule has 0 fully saturated rings. The Balaban J connectivity index is 3.13. The number of aliphatic carboxylic acids is 1. The Bertz CT molecular complexity index is 523. The van der Waals surface area contributed by atoms with Gasteiger partial charge >= 0.3 is 5.97 Å². The Morgan fingerprint density at radius 3 is 2.72 bits per heavy atom. The molecule has 0 aliphatic carbocycles. The third kappa shape index (κ3) is 2.93. The summed E-state index contributed by atoms with van der Waals surface area (Å²) < 4.78 is 0. The zero-order valence-corrected chi connectivity index (χ0v) is 9.03. The summed E-state index contributed by atoms with van der Waals surface area (Å²) in [6.07, 6.45) is 0. The second-order valence-corrected chi connectivity index (χ2v) is 3.32. The molecule has 1 aromatic rings. The van der Waals surface area contributed by atoms with E-state index in [9.17, 15) is 14.9 Å². The minimum Gasteiger partial charge on any atom is -0.480 e. The van der Waals surface area contributed by atoms with Crippen LogP contribution in [0.1, 0.15) is 5.56 Å². The molecule has 3 N–H and O–H groups in total. The number of hydrogen-bond acceptors (Lipinski definition) is 6. The van der Waals surface area contributed by atoms with Crippen molar-refractivity contribution in [3.8, 4) is 6.07 Å². The lowest BCUT2D eigenvalue weighted by Crippen LogP contribution is -2.32. The second-order valence-electron chi connectivity index (χ2n) is 3.32. The fraction of sp³-hybridized carbons (Fsp3) is 0.200. The van der Waals surface area contributed by atoms with Crippen LogP contribution in [0.2, 0.25) is 0 Å². The van der Waals surface area contributed by atoms with Gasteiger partial charge in [-0.2, -0.15) is 5.26 Å². The molecule has 1 rings (SSSR count).